The zero-order chi connectivity index (χ0) is 14.4. The number of carbonyl (C=O) groups is 1. The fourth-order valence-electron chi connectivity index (χ4n) is 2.19. The van der Waals surface area contributed by atoms with Gasteiger partial charge in [-0.1, -0.05) is 11.8 Å². The van der Waals surface area contributed by atoms with E-state index in [0.717, 1.165) is 23.4 Å². The van der Waals surface area contributed by atoms with Gasteiger partial charge in [0.25, 0.3) is 0 Å². The Hall–Kier alpha value is -2.03. The molecule has 1 aliphatic heterocycles. The first-order valence-electron chi connectivity index (χ1n) is 6.48. The summed E-state index contributed by atoms with van der Waals surface area (Å²) in [6.07, 6.45) is 0. The lowest BCUT2D eigenvalue weighted by atomic mass is 10.1. The Labute approximate surface area is 118 Å². The van der Waals surface area contributed by atoms with Crippen LogP contribution in [-0.4, -0.2) is 49.3 Å². The fraction of sp³-hybridized carbons (Fsp3) is 0.400. The number of carbonyl (C=O) groups excluding carboxylic acids is 1. The number of aliphatic hydroxyl groups excluding tert-OH is 1. The van der Waals surface area contributed by atoms with E-state index in [1.54, 1.807) is 7.11 Å². The number of amides is 1. The van der Waals surface area contributed by atoms with Gasteiger partial charge in [-0.15, -0.1) is 0 Å². The van der Waals surface area contributed by atoms with Gasteiger partial charge in [0.05, 0.1) is 13.7 Å². The van der Waals surface area contributed by atoms with Crippen molar-refractivity contribution in [3.05, 3.63) is 29.3 Å². The van der Waals surface area contributed by atoms with Crippen LogP contribution < -0.4 is 10.1 Å². The highest BCUT2D eigenvalue weighted by molar-refractivity contribution is 5.78. The average molecular weight is 274 g/mol. The van der Waals surface area contributed by atoms with Gasteiger partial charge in [0.1, 0.15) is 12.4 Å². The third-order valence-corrected chi connectivity index (χ3v) is 3.10. The number of rotatable bonds is 3. The first-order chi connectivity index (χ1) is 9.72. The van der Waals surface area contributed by atoms with Gasteiger partial charge in [-0.2, -0.15) is 0 Å². The topological polar surface area (TPSA) is 61.8 Å². The minimum Gasteiger partial charge on any atom is -0.496 e. The predicted octanol–water partition coefficient (Wildman–Crippen LogP) is -0.0292. The van der Waals surface area contributed by atoms with Crippen LogP contribution in [0.5, 0.6) is 5.75 Å². The SMILES string of the molecule is COc1ccc(C#CCO)cc1CN1CCNC(=O)C1. The summed E-state index contributed by atoms with van der Waals surface area (Å²) in [7, 11) is 1.63. The lowest BCUT2D eigenvalue weighted by molar-refractivity contribution is -0.124. The number of hydrogen-bond acceptors (Lipinski definition) is 4. The van der Waals surface area contributed by atoms with Crippen LogP contribution in [0.4, 0.5) is 0 Å². The molecular weight excluding hydrogens is 256 g/mol. The maximum absolute atomic E-state index is 11.4. The third-order valence-electron chi connectivity index (χ3n) is 3.10. The number of methoxy groups -OCH3 is 1. The lowest BCUT2D eigenvalue weighted by Gasteiger charge is -2.27. The van der Waals surface area contributed by atoms with Gasteiger partial charge in [-0.3, -0.25) is 9.69 Å². The summed E-state index contributed by atoms with van der Waals surface area (Å²) in [5, 5.41) is 11.5. The Balaban J connectivity index is 2.17. The van der Waals surface area contributed by atoms with Crippen LogP contribution in [0.3, 0.4) is 0 Å². The molecule has 20 heavy (non-hydrogen) atoms. The minimum absolute atomic E-state index is 0.0476. The highest BCUT2D eigenvalue weighted by atomic mass is 16.5. The molecule has 0 unspecified atom stereocenters. The number of nitrogens with zero attached hydrogens (tertiary/aromatic N) is 1. The van der Waals surface area contributed by atoms with E-state index in [9.17, 15) is 4.79 Å². The Morgan fingerprint density at radius 3 is 3.05 bits per heavy atom. The van der Waals surface area contributed by atoms with E-state index >= 15 is 0 Å². The van der Waals surface area contributed by atoms with Gasteiger partial charge in [0, 0.05) is 30.8 Å². The van der Waals surface area contributed by atoms with E-state index < -0.39 is 0 Å². The van der Waals surface area contributed by atoms with Gasteiger partial charge < -0.3 is 15.2 Å². The van der Waals surface area contributed by atoms with Gasteiger partial charge in [-0.25, -0.2) is 0 Å². The normalized spacial score (nSPS) is 15.2. The average Bonchev–Trinajstić information content (AvgIpc) is 2.45. The van der Waals surface area contributed by atoms with Crippen LogP contribution in [0.15, 0.2) is 18.2 Å². The third kappa shape index (κ3) is 3.73. The molecular formula is C15H18N2O3. The van der Waals surface area contributed by atoms with Gasteiger partial charge in [-0.05, 0) is 18.2 Å². The standard InChI is InChI=1S/C15H18N2O3/c1-20-14-5-4-12(3-2-8-18)9-13(14)10-17-7-6-16-15(19)11-17/h4-5,9,18H,6-8,10-11H2,1H3,(H,16,19). The highest BCUT2D eigenvalue weighted by Gasteiger charge is 2.17. The number of ether oxygens (including phenoxy) is 1. The Bertz CT molecular complexity index is 546. The molecule has 1 amide bonds. The van der Waals surface area contributed by atoms with Crippen molar-refractivity contribution < 1.29 is 14.6 Å². The predicted molar refractivity (Wildman–Crippen MR) is 75.2 cm³/mol. The Morgan fingerprint density at radius 1 is 1.50 bits per heavy atom. The van der Waals surface area contributed by atoms with Crippen molar-refractivity contribution >= 4 is 5.91 Å². The zero-order valence-corrected chi connectivity index (χ0v) is 11.5. The molecule has 2 N–H and O–H groups in total. The molecule has 5 nitrogen and oxygen atoms in total. The lowest BCUT2D eigenvalue weighted by Crippen LogP contribution is -2.47. The molecule has 1 aromatic carbocycles. The van der Waals surface area contributed by atoms with E-state index in [2.05, 4.69) is 22.1 Å². The number of aliphatic hydroxyl groups is 1. The minimum atomic E-state index is -0.159. The van der Waals surface area contributed by atoms with E-state index in [4.69, 9.17) is 9.84 Å². The first kappa shape index (κ1) is 14.4. The van der Waals surface area contributed by atoms with Crippen LogP contribution >= 0.6 is 0 Å². The van der Waals surface area contributed by atoms with Gasteiger partial charge in [0.2, 0.25) is 5.91 Å². The van der Waals surface area contributed by atoms with Crippen LogP contribution in [0, 0.1) is 11.8 Å². The largest absolute Gasteiger partial charge is 0.496 e. The quantitative estimate of drug-likeness (QED) is 0.760. The number of piperazine rings is 1. The summed E-state index contributed by atoms with van der Waals surface area (Å²) < 4.78 is 5.35. The maximum atomic E-state index is 11.4. The highest BCUT2D eigenvalue weighted by Crippen LogP contribution is 2.21. The summed E-state index contributed by atoms with van der Waals surface area (Å²) in [5.41, 5.74) is 1.82. The molecule has 0 spiro atoms. The summed E-state index contributed by atoms with van der Waals surface area (Å²) in [5.74, 6) is 6.34. The Kier molecular flexibility index (Phi) is 4.99. The van der Waals surface area contributed by atoms with Crippen LogP contribution in [0.1, 0.15) is 11.1 Å². The zero-order valence-electron chi connectivity index (χ0n) is 11.5. The summed E-state index contributed by atoms with van der Waals surface area (Å²) >= 11 is 0. The number of benzene rings is 1. The second kappa shape index (κ2) is 6.94. The van der Waals surface area contributed by atoms with E-state index in [1.165, 1.54) is 0 Å². The maximum Gasteiger partial charge on any atom is 0.234 e. The first-order valence-corrected chi connectivity index (χ1v) is 6.48. The van der Waals surface area contributed by atoms with Crippen molar-refractivity contribution in [3.8, 4) is 17.6 Å². The molecule has 1 saturated heterocycles. The van der Waals surface area contributed by atoms with Crippen molar-refractivity contribution in [1.82, 2.24) is 10.2 Å². The second-order valence-electron chi connectivity index (χ2n) is 4.55. The monoisotopic (exact) mass is 274 g/mol. The molecule has 5 heteroatoms. The van der Waals surface area contributed by atoms with Crippen LogP contribution in [-0.2, 0) is 11.3 Å². The van der Waals surface area contributed by atoms with Crippen molar-refractivity contribution in [2.75, 3.05) is 33.4 Å². The molecule has 1 aliphatic rings. The molecule has 0 atom stereocenters. The molecule has 2 rings (SSSR count). The number of hydrogen-bond donors (Lipinski definition) is 2. The van der Waals surface area contributed by atoms with E-state index in [0.29, 0.717) is 19.6 Å². The molecule has 106 valence electrons. The molecule has 0 radical (unpaired) electrons. The van der Waals surface area contributed by atoms with Crippen molar-refractivity contribution in [1.29, 1.82) is 0 Å². The summed E-state index contributed by atoms with van der Waals surface area (Å²) in [4.78, 5) is 13.5. The smallest absolute Gasteiger partial charge is 0.234 e. The fourth-order valence-corrected chi connectivity index (χ4v) is 2.19. The molecule has 0 bridgehead atoms. The molecule has 0 saturated carbocycles. The van der Waals surface area contributed by atoms with Gasteiger partial charge in [0.15, 0.2) is 0 Å². The van der Waals surface area contributed by atoms with Crippen molar-refractivity contribution in [2.45, 2.75) is 6.54 Å². The Morgan fingerprint density at radius 2 is 2.35 bits per heavy atom. The second-order valence-corrected chi connectivity index (χ2v) is 4.55. The van der Waals surface area contributed by atoms with Crippen molar-refractivity contribution in [2.24, 2.45) is 0 Å². The summed E-state index contributed by atoms with van der Waals surface area (Å²) in [6.45, 7) is 2.38. The van der Waals surface area contributed by atoms with Gasteiger partial charge >= 0.3 is 0 Å². The van der Waals surface area contributed by atoms with Crippen LogP contribution in [0.25, 0.3) is 0 Å². The molecule has 1 aromatic rings. The molecule has 1 heterocycles. The summed E-state index contributed by atoms with van der Waals surface area (Å²) in [6, 6.07) is 5.66. The van der Waals surface area contributed by atoms with E-state index in [-0.39, 0.29) is 12.5 Å². The molecule has 0 aromatic heterocycles. The van der Waals surface area contributed by atoms with Crippen molar-refractivity contribution in [3.63, 3.8) is 0 Å². The molecule has 1 fully saturated rings. The van der Waals surface area contributed by atoms with E-state index in [1.807, 2.05) is 18.2 Å². The van der Waals surface area contributed by atoms with Crippen LogP contribution in [0.2, 0.25) is 0 Å². The molecule has 0 aliphatic carbocycles. The number of nitrogens with one attached hydrogen (secondary N) is 1.